The number of aryl methyl sites for hydroxylation is 1. The molecule has 1 aromatic rings. The van der Waals surface area contributed by atoms with Crippen molar-refractivity contribution in [1.29, 1.82) is 0 Å². The first-order chi connectivity index (χ1) is 8.08. The normalized spacial score (nSPS) is 20.4. The zero-order valence-electron chi connectivity index (χ0n) is 10.2. The molecule has 4 heteroatoms. The fourth-order valence-electron chi connectivity index (χ4n) is 2.09. The van der Waals surface area contributed by atoms with Gasteiger partial charge in [0.1, 0.15) is 0 Å². The summed E-state index contributed by atoms with van der Waals surface area (Å²) in [5.41, 5.74) is 1.97. The van der Waals surface area contributed by atoms with Gasteiger partial charge < -0.3 is 10.2 Å². The number of amides is 1. The average Bonchev–Trinajstić information content (AvgIpc) is 2.31. The molecular formula is C13H17IN2O. The quantitative estimate of drug-likeness (QED) is 0.791. The van der Waals surface area contributed by atoms with Crippen molar-refractivity contribution in [3.8, 4) is 0 Å². The standard InChI is InChI=1S/C13H17IN2O/c1-9-3-4-12(14)11(7-9)13(17)16-6-5-15-10(2)8-16/h3-4,7,10,15H,5-6,8H2,1-2H3. The van der Waals surface area contributed by atoms with Crippen LogP contribution in [0.3, 0.4) is 0 Å². The molecule has 3 nitrogen and oxygen atoms in total. The Morgan fingerprint density at radius 2 is 2.29 bits per heavy atom. The second-order valence-corrected chi connectivity index (χ2v) is 5.75. The number of carbonyl (C=O) groups excluding carboxylic acids is 1. The van der Waals surface area contributed by atoms with Gasteiger partial charge in [0.2, 0.25) is 0 Å². The highest BCUT2D eigenvalue weighted by atomic mass is 127. The molecule has 1 heterocycles. The Morgan fingerprint density at radius 3 is 3.00 bits per heavy atom. The van der Waals surface area contributed by atoms with Crippen molar-refractivity contribution in [3.63, 3.8) is 0 Å². The summed E-state index contributed by atoms with van der Waals surface area (Å²) in [5.74, 6) is 0.159. The van der Waals surface area contributed by atoms with Crippen LogP contribution in [0.25, 0.3) is 0 Å². The van der Waals surface area contributed by atoms with E-state index in [-0.39, 0.29) is 5.91 Å². The summed E-state index contributed by atoms with van der Waals surface area (Å²) in [4.78, 5) is 14.4. The van der Waals surface area contributed by atoms with Crippen LogP contribution in [0, 0.1) is 10.5 Å². The Labute approximate surface area is 116 Å². The molecule has 1 atom stereocenters. The lowest BCUT2D eigenvalue weighted by Gasteiger charge is -2.32. The first kappa shape index (κ1) is 12.8. The molecule has 1 N–H and O–H groups in total. The lowest BCUT2D eigenvalue weighted by atomic mass is 10.1. The molecule has 1 fully saturated rings. The fraction of sp³-hybridized carbons (Fsp3) is 0.462. The maximum atomic E-state index is 12.4. The van der Waals surface area contributed by atoms with Crippen molar-refractivity contribution < 1.29 is 4.79 Å². The summed E-state index contributed by atoms with van der Waals surface area (Å²) in [7, 11) is 0. The van der Waals surface area contributed by atoms with Crippen molar-refractivity contribution in [2.45, 2.75) is 19.9 Å². The van der Waals surface area contributed by atoms with Gasteiger partial charge in [0.05, 0.1) is 5.56 Å². The summed E-state index contributed by atoms with van der Waals surface area (Å²) >= 11 is 2.23. The van der Waals surface area contributed by atoms with Crippen LogP contribution in [-0.2, 0) is 0 Å². The number of nitrogens with zero attached hydrogens (tertiary/aromatic N) is 1. The summed E-state index contributed by atoms with van der Waals surface area (Å²) in [6, 6.07) is 6.42. The van der Waals surface area contributed by atoms with Gasteiger partial charge in [-0.1, -0.05) is 11.6 Å². The summed E-state index contributed by atoms with van der Waals surface area (Å²) < 4.78 is 1.03. The van der Waals surface area contributed by atoms with Crippen molar-refractivity contribution >= 4 is 28.5 Å². The van der Waals surface area contributed by atoms with Gasteiger partial charge in [-0.25, -0.2) is 0 Å². The minimum atomic E-state index is 0.159. The number of carbonyl (C=O) groups is 1. The third kappa shape index (κ3) is 2.98. The van der Waals surface area contributed by atoms with E-state index < -0.39 is 0 Å². The molecule has 0 radical (unpaired) electrons. The van der Waals surface area contributed by atoms with E-state index in [1.165, 1.54) is 0 Å². The Hall–Kier alpha value is -0.620. The molecule has 1 amide bonds. The maximum absolute atomic E-state index is 12.4. The maximum Gasteiger partial charge on any atom is 0.255 e. The van der Waals surface area contributed by atoms with Gasteiger partial charge in [0, 0.05) is 29.2 Å². The lowest BCUT2D eigenvalue weighted by Crippen LogP contribution is -2.51. The van der Waals surface area contributed by atoms with Crippen LogP contribution in [0.15, 0.2) is 18.2 Å². The molecule has 1 aliphatic rings. The zero-order valence-corrected chi connectivity index (χ0v) is 12.3. The molecule has 0 bridgehead atoms. The highest BCUT2D eigenvalue weighted by Gasteiger charge is 2.22. The minimum Gasteiger partial charge on any atom is -0.336 e. The first-order valence-electron chi connectivity index (χ1n) is 5.87. The van der Waals surface area contributed by atoms with E-state index in [9.17, 15) is 4.79 Å². The molecule has 2 rings (SSSR count). The van der Waals surface area contributed by atoms with Gasteiger partial charge in [0.25, 0.3) is 5.91 Å². The van der Waals surface area contributed by atoms with E-state index in [4.69, 9.17) is 0 Å². The fourth-order valence-corrected chi connectivity index (χ4v) is 2.66. The highest BCUT2D eigenvalue weighted by molar-refractivity contribution is 14.1. The van der Waals surface area contributed by atoms with E-state index >= 15 is 0 Å². The number of halogens is 1. The average molecular weight is 344 g/mol. The lowest BCUT2D eigenvalue weighted by molar-refractivity contribution is 0.0708. The molecule has 92 valence electrons. The third-order valence-electron chi connectivity index (χ3n) is 3.01. The predicted octanol–water partition coefficient (Wildman–Crippen LogP) is 2.03. The molecule has 1 aromatic carbocycles. The zero-order chi connectivity index (χ0) is 12.4. The number of nitrogens with one attached hydrogen (secondary N) is 1. The smallest absolute Gasteiger partial charge is 0.255 e. The predicted molar refractivity (Wildman–Crippen MR) is 77.3 cm³/mol. The Bertz CT molecular complexity index is 433. The topological polar surface area (TPSA) is 32.3 Å². The second-order valence-electron chi connectivity index (χ2n) is 4.59. The van der Waals surface area contributed by atoms with E-state index in [1.54, 1.807) is 0 Å². The monoisotopic (exact) mass is 344 g/mol. The van der Waals surface area contributed by atoms with Gasteiger partial charge in [-0.05, 0) is 48.6 Å². The molecule has 0 spiro atoms. The van der Waals surface area contributed by atoms with Crippen LogP contribution in [-0.4, -0.2) is 36.5 Å². The second kappa shape index (κ2) is 5.35. The first-order valence-corrected chi connectivity index (χ1v) is 6.94. The summed E-state index contributed by atoms with van der Waals surface area (Å²) in [6.07, 6.45) is 0. The van der Waals surface area contributed by atoms with E-state index in [0.29, 0.717) is 6.04 Å². The van der Waals surface area contributed by atoms with Crippen molar-refractivity contribution in [3.05, 3.63) is 32.9 Å². The summed E-state index contributed by atoms with van der Waals surface area (Å²) in [5, 5.41) is 3.35. The Kier molecular flexibility index (Phi) is 4.04. The third-order valence-corrected chi connectivity index (χ3v) is 3.95. The molecule has 1 unspecified atom stereocenters. The number of piperazine rings is 1. The van der Waals surface area contributed by atoms with Crippen LogP contribution in [0.5, 0.6) is 0 Å². The van der Waals surface area contributed by atoms with Crippen LogP contribution < -0.4 is 5.32 Å². The van der Waals surface area contributed by atoms with Crippen molar-refractivity contribution in [2.24, 2.45) is 0 Å². The Morgan fingerprint density at radius 1 is 1.53 bits per heavy atom. The minimum absolute atomic E-state index is 0.159. The van der Waals surface area contributed by atoms with Gasteiger partial charge in [-0.2, -0.15) is 0 Å². The van der Waals surface area contributed by atoms with E-state index in [1.807, 2.05) is 30.0 Å². The highest BCUT2D eigenvalue weighted by Crippen LogP contribution is 2.17. The van der Waals surface area contributed by atoms with Crippen molar-refractivity contribution in [1.82, 2.24) is 10.2 Å². The van der Waals surface area contributed by atoms with Gasteiger partial charge in [-0.15, -0.1) is 0 Å². The molecular weight excluding hydrogens is 327 g/mol. The largest absolute Gasteiger partial charge is 0.336 e. The van der Waals surface area contributed by atoms with E-state index in [2.05, 4.69) is 34.8 Å². The van der Waals surface area contributed by atoms with Crippen molar-refractivity contribution in [2.75, 3.05) is 19.6 Å². The number of benzene rings is 1. The number of hydrogen-bond acceptors (Lipinski definition) is 2. The van der Waals surface area contributed by atoms with E-state index in [0.717, 1.165) is 34.3 Å². The van der Waals surface area contributed by atoms with Gasteiger partial charge in [0.15, 0.2) is 0 Å². The van der Waals surface area contributed by atoms with Crippen LogP contribution in [0.2, 0.25) is 0 Å². The SMILES string of the molecule is Cc1ccc(I)c(C(=O)N2CCNC(C)C2)c1. The molecule has 0 aromatic heterocycles. The molecule has 1 saturated heterocycles. The number of hydrogen-bond donors (Lipinski definition) is 1. The molecule has 17 heavy (non-hydrogen) atoms. The van der Waals surface area contributed by atoms with Crippen LogP contribution in [0.1, 0.15) is 22.8 Å². The van der Waals surface area contributed by atoms with Crippen LogP contribution in [0.4, 0.5) is 0 Å². The number of rotatable bonds is 1. The molecule has 0 aliphatic carbocycles. The van der Waals surface area contributed by atoms with Gasteiger partial charge in [-0.3, -0.25) is 4.79 Å². The Balaban J connectivity index is 2.21. The summed E-state index contributed by atoms with van der Waals surface area (Å²) in [6.45, 7) is 6.61. The van der Waals surface area contributed by atoms with Gasteiger partial charge >= 0.3 is 0 Å². The van der Waals surface area contributed by atoms with Crippen LogP contribution >= 0.6 is 22.6 Å². The molecule has 1 aliphatic heterocycles. The molecule has 0 saturated carbocycles.